The molecular weight excluding hydrogens is 354 g/mol. The number of halogens is 2. The van der Waals surface area contributed by atoms with Crippen molar-refractivity contribution in [2.45, 2.75) is 0 Å². The summed E-state index contributed by atoms with van der Waals surface area (Å²) in [5, 5.41) is 3.58. The van der Waals surface area contributed by atoms with Gasteiger partial charge in [0.15, 0.2) is 0 Å². The van der Waals surface area contributed by atoms with Gasteiger partial charge < -0.3 is 0 Å². The third kappa shape index (κ3) is 2.15. The number of hydrogen-bond donors (Lipinski definition) is 1. The van der Waals surface area contributed by atoms with Gasteiger partial charge in [0.05, 0.1) is 0 Å². The second-order valence-electron chi connectivity index (χ2n) is 1.76. The van der Waals surface area contributed by atoms with Crippen LogP contribution < -0.4 is 5.53 Å². The average molecular weight is 359 g/mol. The van der Waals surface area contributed by atoms with Gasteiger partial charge in [-0.05, 0) is 68.5 Å². The molecule has 0 spiro atoms. The summed E-state index contributed by atoms with van der Waals surface area (Å²) in [6.07, 6.45) is 0. The lowest BCUT2D eigenvalue weighted by atomic mass is 10.3. The summed E-state index contributed by atoms with van der Waals surface area (Å²) >= 11 is 4.47. The normalized spacial score (nSPS) is 9.40. The van der Waals surface area contributed by atoms with Crippen molar-refractivity contribution in [1.29, 1.82) is 0 Å². The van der Waals surface area contributed by atoms with Gasteiger partial charge in [-0.3, -0.25) is 0 Å². The zero-order valence-electron chi connectivity index (χ0n) is 5.01. The molecule has 52 valence electrons. The molecule has 2 nitrogen and oxygen atoms in total. The molecule has 0 bridgehead atoms. The van der Waals surface area contributed by atoms with E-state index >= 15 is 0 Å². The molecule has 0 unspecified atom stereocenters. The van der Waals surface area contributed by atoms with Crippen LogP contribution in [0.4, 0.5) is 5.69 Å². The van der Waals surface area contributed by atoms with Crippen molar-refractivity contribution < 1.29 is 5.53 Å². The van der Waals surface area contributed by atoms with Crippen LogP contribution in [0.5, 0.6) is 0 Å². The van der Waals surface area contributed by atoms with E-state index in [4.69, 9.17) is 5.53 Å². The lowest BCUT2D eigenvalue weighted by molar-refractivity contribution is -0.210. The first kappa shape index (κ1) is 8.38. The molecule has 0 amide bonds. The molecule has 1 aromatic carbocycles. The van der Waals surface area contributed by atoms with Crippen molar-refractivity contribution in [3.63, 3.8) is 0 Å². The molecule has 0 aliphatic carbocycles. The standard InChI is InChI=1S/C6H4I2N2/c7-4-1-5(8)3-6(2-4)10-9/h1-3,9H/p+1. The van der Waals surface area contributed by atoms with Gasteiger partial charge in [0.1, 0.15) is 5.69 Å². The molecule has 10 heavy (non-hydrogen) atoms. The Morgan fingerprint density at radius 3 is 2.00 bits per heavy atom. The summed E-state index contributed by atoms with van der Waals surface area (Å²) in [7, 11) is 0. The molecule has 0 fully saturated rings. The SMILES string of the molecule is [NH2+]=Nc1cc(I)cc(I)c1. The van der Waals surface area contributed by atoms with Crippen LogP contribution in [0.2, 0.25) is 0 Å². The fourth-order valence-corrected chi connectivity index (χ4v) is 2.52. The van der Waals surface area contributed by atoms with Gasteiger partial charge in [-0.15, -0.1) is 0 Å². The van der Waals surface area contributed by atoms with Gasteiger partial charge in [0.2, 0.25) is 0 Å². The first-order valence-electron chi connectivity index (χ1n) is 2.59. The fraction of sp³-hybridized carbons (Fsp3) is 0. The summed E-state index contributed by atoms with van der Waals surface area (Å²) in [4.78, 5) is 0. The Bertz CT molecular complexity index is 240. The number of hydrogen-bond acceptors (Lipinski definition) is 1. The van der Waals surface area contributed by atoms with Crippen molar-refractivity contribution in [2.75, 3.05) is 0 Å². The topological polar surface area (TPSA) is 38.0 Å². The summed E-state index contributed by atoms with van der Waals surface area (Å²) in [5.74, 6) is 0. The summed E-state index contributed by atoms with van der Waals surface area (Å²) < 4.78 is 2.32. The molecule has 2 N–H and O–H groups in total. The van der Waals surface area contributed by atoms with E-state index in [9.17, 15) is 0 Å². The summed E-state index contributed by atoms with van der Waals surface area (Å²) in [5.41, 5.74) is 5.94. The van der Waals surface area contributed by atoms with E-state index in [1.54, 1.807) is 0 Å². The van der Waals surface area contributed by atoms with E-state index in [1.165, 1.54) is 0 Å². The molecule has 0 aliphatic heterocycles. The van der Waals surface area contributed by atoms with E-state index in [-0.39, 0.29) is 0 Å². The van der Waals surface area contributed by atoms with Crippen LogP contribution in [0.1, 0.15) is 0 Å². The maximum absolute atomic E-state index is 5.11. The Morgan fingerprint density at radius 2 is 1.60 bits per heavy atom. The Hall–Kier alpha value is 0.280. The van der Waals surface area contributed by atoms with E-state index in [0.717, 1.165) is 12.8 Å². The Labute approximate surface area is 86.2 Å². The summed E-state index contributed by atoms with van der Waals surface area (Å²) in [6.45, 7) is 0. The molecule has 0 aromatic heterocycles. The molecule has 1 aromatic rings. The molecule has 0 aliphatic rings. The van der Waals surface area contributed by atoms with E-state index in [1.807, 2.05) is 12.1 Å². The first-order chi connectivity index (χ1) is 4.72. The van der Waals surface area contributed by atoms with Crippen LogP contribution >= 0.6 is 45.2 Å². The number of nitrogens with zero attached hydrogens (tertiary/aromatic N) is 1. The quantitative estimate of drug-likeness (QED) is 0.586. The molecule has 0 saturated heterocycles. The molecule has 0 heterocycles. The molecule has 4 heteroatoms. The second kappa shape index (κ2) is 3.61. The van der Waals surface area contributed by atoms with Crippen molar-refractivity contribution in [3.05, 3.63) is 25.3 Å². The Balaban J connectivity index is 3.18. The van der Waals surface area contributed by atoms with E-state index in [2.05, 4.69) is 56.4 Å². The first-order valence-corrected chi connectivity index (χ1v) is 4.75. The second-order valence-corrected chi connectivity index (χ2v) is 4.25. The minimum Gasteiger partial charge on any atom is -0.152 e. The van der Waals surface area contributed by atoms with Gasteiger partial charge >= 0.3 is 0 Å². The predicted octanol–water partition coefficient (Wildman–Crippen LogP) is 1.74. The Kier molecular flexibility index (Phi) is 3.02. The Morgan fingerprint density at radius 1 is 1.10 bits per heavy atom. The smallest absolute Gasteiger partial charge is 0.132 e. The third-order valence-electron chi connectivity index (χ3n) is 0.996. The maximum Gasteiger partial charge on any atom is 0.132 e. The molecule has 0 radical (unpaired) electrons. The highest BCUT2D eigenvalue weighted by molar-refractivity contribution is 14.1. The van der Waals surface area contributed by atoms with Crippen LogP contribution in [0.15, 0.2) is 23.3 Å². The van der Waals surface area contributed by atoms with Gasteiger partial charge in [0.25, 0.3) is 0 Å². The van der Waals surface area contributed by atoms with E-state index < -0.39 is 0 Å². The molecule has 1 rings (SSSR count). The molecular formula is C6H5I2N2+. The van der Waals surface area contributed by atoms with Gasteiger partial charge in [-0.25, -0.2) is 0 Å². The van der Waals surface area contributed by atoms with Gasteiger partial charge in [-0.2, -0.15) is 5.53 Å². The number of benzene rings is 1. The van der Waals surface area contributed by atoms with Crippen LogP contribution in [-0.4, -0.2) is 0 Å². The zero-order valence-corrected chi connectivity index (χ0v) is 9.33. The van der Waals surface area contributed by atoms with Crippen molar-refractivity contribution in [2.24, 2.45) is 5.11 Å². The number of rotatable bonds is 1. The predicted molar refractivity (Wildman–Crippen MR) is 55.9 cm³/mol. The lowest BCUT2D eigenvalue weighted by Gasteiger charge is -1.91. The number of nitrogens with two attached hydrogens (primary N) is 1. The minimum absolute atomic E-state index is 0.830. The largest absolute Gasteiger partial charge is 0.152 e. The maximum atomic E-state index is 5.11. The minimum atomic E-state index is 0.830. The summed E-state index contributed by atoms with van der Waals surface area (Å²) in [6, 6.07) is 5.93. The average Bonchev–Trinajstić information content (AvgIpc) is 1.85. The van der Waals surface area contributed by atoms with Crippen LogP contribution in [-0.2, 0) is 0 Å². The van der Waals surface area contributed by atoms with Crippen LogP contribution in [0.3, 0.4) is 0 Å². The monoisotopic (exact) mass is 359 g/mol. The molecule has 0 atom stereocenters. The van der Waals surface area contributed by atoms with Crippen LogP contribution in [0.25, 0.3) is 0 Å². The van der Waals surface area contributed by atoms with E-state index in [0.29, 0.717) is 0 Å². The zero-order chi connectivity index (χ0) is 7.56. The van der Waals surface area contributed by atoms with Gasteiger partial charge in [0, 0.05) is 7.14 Å². The highest BCUT2D eigenvalue weighted by atomic mass is 127. The van der Waals surface area contributed by atoms with Crippen molar-refractivity contribution >= 4 is 50.9 Å². The highest BCUT2D eigenvalue weighted by Gasteiger charge is 1.95. The van der Waals surface area contributed by atoms with Crippen molar-refractivity contribution in [3.8, 4) is 0 Å². The lowest BCUT2D eigenvalue weighted by Crippen LogP contribution is -2.21. The highest BCUT2D eigenvalue weighted by Crippen LogP contribution is 2.18. The molecule has 0 saturated carbocycles. The van der Waals surface area contributed by atoms with Crippen molar-refractivity contribution in [1.82, 2.24) is 0 Å². The van der Waals surface area contributed by atoms with Gasteiger partial charge in [-0.1, -0.05) is 0 Å². The third-order valence-corrected chi connectivity index (χ3v) is 2.24. The van der Waals surface area contributed by atoms with Crippen LogP contribution in [0, 0.1) is 7.14 Å². The fourth-order valence-electron chi connectivity index (χ4n) is 0.614.